The molecule has 2 aliphatic carbocycles. The van der Waals surface area contributed by atoms with Crippen LogP contribution < -0.4 is 5.73 Å². The maximum Gasteiger partial charge on any atom is 0.225 e. The van der Waals surface area contributed by atoms with Gasteiger partial charge in [-0.25, -0.2) is 0 Å². The Morgan fingerprint density at radius 1 is 1.47 bits per heavy atom. The maximum atomic E-state index is 12.3. The molecule has 96 valence electrons. The van der Waals surface area contributed by atoms with Crippen molar-refractivity contribution >= 4 is 11.7 Å². The van der Waals surface area contributed by atoms with E-state index < -0.39 is 0 Å². The molecule has 0 saturated heterocycles. The van der Waals surface area contributed by atoms with Crippen LogP contribution in [0.4, 0.5) is 0 Å². The largest absolute Gasteiger partial charge is 0.409 e. The van der Waals surface area contributed by atoms with E-state index in [0.717, 1.165) is 12.8 Å². The highest BCUT2D eigenvalue weighted by Gasteiger charge is 2.39. The molecule has 0 radical (unpaired) electrons. The first-order valence-electron chi connectivity index (χ1n) is 6.40. The minimum atomic E-state index is 0.142. The Bertz CT molecular complexity index is 322. The van der Waals surface area contributed by atoms with Crippen LogP contribution in [-0.4, -0.2) is 34.4 Å². The van der Waals surface area contributed by atoms with Gasteiger partial charge in [-0.15, -0.1) is 0 Å². The molecule has 0 spiro atoms. The Morgan fingerprint density at radius 3 is 2.59 bits per heavy atom. The van der Waals surface area contributed by atoms with E-state index in [9.17, 15) is 4.79 Å². The Balaban J connectivity index is 1.89. The highest BCUT2D eigenvalue weighted by atomic mass is 16.4. The molecular weight excluding hydrogens is 218 g/mol. The zero-order valence-electron chi connectivity index (χ0n) is 10.3. The summed E-state index contributed by atoms with van der Waals surface area (Å²) in [6.07, 6.45) is 5.02. The van der Waals surface area contributed by atoms with Gasteiger partial charge in [0, 0.05) is 24.9 Å². The van der Waals surface area contributed by atoms with E-state index in [4.69, 9.17) is 10.9 Å². The highest BCUT2D eigenvalue weighted by molar-refractivity contribution is 5.82. The predicted molar refractivity (Wildman–Crippen MR) is 64.6 cm³/mol. The van der Waals surface area contributed by atoms with Gasteiger partial charge >= 0.3 is 0 Å². The van der Waals surface area contributed by atoms with Crippen LogP contribution in [0.25, 0.3) is 0 Å². The number of carbonyl (C=O) groups excluding carboxylic acids is 1. The first-order chi connectivity index (χ1) is 8.13. The molecule has 2 fully saturated rings. The standard InChI is InChI=1S/C12H21N3O2/c1-8(9-2-3-9)12(16)15(10-4-5-10)7-6-11(13)14-17/h8-10,17H,2-7H2,1H3,(H2,13,14). The van der Waals surface area contributed by atoms with Crippen molar-refractivity contribution in [1.29, 1.82) is 0 Å². The zero-order valence-corrected chi connectivity index (χ0v) is 10.3. The van der Waals surface area contributed by atoms with Gasteiger partial charge in [0.15, 0.2) is 0 Å². The average Bonchev–Trinajstić information content (AvgIpc) is 3.18. The second-order valence-corrected chi connectivity index (χ2v) is 5.23. The number of nitrogens with zero attached hydrogens (tertiary/aromatic N) is 2. The number of amides is 1. The molecule has 0 aromatic carbocycles. The van der Waals surface area contributed by atoms with E-state index in [0.29, 0.717) is 24.9 Å². The fourth-order valence-electron chi connectivity index (χ4n) is 2.20. The zero-order chi connectivity index (χ0) is 12.4. The molecule has 2 saturated carbocycles. The second kappa shape index (κ2) is 4.94. The molecule has 1 amide bonds. The summed E-state index contributed by atoms with van der Waals surface area (Å²) < 4.78 is 0. The van der Waals surface area contributed by atoms with Crippen LogP contribution in [0.2, 0.25) is 0 Å². The van der Waals surface area contributed by atoms with E-state index in [2.05, 4.69) is 5.16 Å². The van der Waals surface area contributed by atoms with E-state index in [-0.39, 0.29) is 17.7 Å². The maximum absolute atomic E-state index is 12.3. The molecule has 0 heterocycles. The lowest BCUT2D eigenvalue weighted by molar-refractivity contribution is -0.136. The van der Waals surface area contributed by atoms with Crippen LogP contribution in [0.3, 0.4) is 0 Å². The molecule has 0 bridgehead atoms. The van der Waals surface area contributed by atoms with Gasteiger partial charge in [0.25, 0.3) is 0 Å². The van der Waals surface area contributed by atoms with Gasteiger partial charge in [-0.1, -0.05) is 12.1 Å². The van der Waals surface area contributed by atoms with Crippen molar-refractivity contribution in [2.24, 2.45) is 22.7 Å². The lowest BCUT2D eigenvalue weighted by Crippen LogP contribution is -2.39. The SMILES string of the molecule is CC(C(=O)N(CCC(N)=NO)C1CC1)C1CC1. The summed E-state index contributed by atoms with van der Waals surface area (Å²) in [5.41, 5.74) is 5.45. The average molecular weight is 239 g/mol. The fourth-order valence-corrected chi connectivity index (χ4v) is 2.20. The van der Waals surface area contributed by atoms with Crippen molar-refractivity contribution in [3.05, 3.63) is 0 Å². The minimum absolute atomic E-state index is 0.142. The number of hydrogen-bond acceptors (Lipinski definition) is 3. The van der Waals surface area contributed by atoms with Crippen LogP contribution in [0.1, 0.15) is 39.0 Å². The molecule has 3 N–H and O–H groups in total. The van der Waals surface area contributed by atoms with Gasteiger partial charge in [-0.05, 0) is 31.6 Å². The number of nitrogens with two attached hydrogens (primary N) is 1. The third kappa shape index (κ3) is 3.11. The molecule has 1 unspecified atom stereocenters. The Morgan fingerprint density at radius 2 is 2.12 bits per heavy atom. The third-order valence-electron chi connectivity index (χ3n) is 3.73. The van der Waals surface area contributed by atoms with Crippen molar-refractivity contribution in [3.63, 3.8) is 0 Å². The summed E-state index contributed by atoms with van der Waals surface area (Å²) in [6, 6.07) is 0.398. The molecule has 0 aliphatic heterocycles. The Kier molecular flexibility index (Phi) is 3.54. The number of amidine groups is 1. The molecule has 2 rings (SSSR count). The molecule has 5 nitrogen and oxygen atoms in total. The monoisotopic (exact) mass is 239 g/mol. The van der Waals surface area contributed by atoms with E-state index in [1.807, 2.05) is 11.8 Å². The Labute approximate surface area is 102 Å². The number of rotatable bonds is 6. The molecular formula is C12H21N3O2. The van der Waals surface area contributed by atoms with Crippen molar-refractivity contribution < 1.29 is 10.0 Å². The van der Waals surface area contributed by atoms with Crippen LogP contribution in [-0.2, 0) is 4.79 Å². The van der Waals surface area contributed by atoms with Gasteiger partial charge in [0.05, 0.1) is 0 Å². The summed E-state index contributed by atoms with van der Waals surface area (Å²) in [5, 5.41) is 11.5. The summed E-state index contributed by atoms with van der Waals surface area (Å²) in [7, 11) is 0. The molecule has 0 aromatic rings. The topological polar surface area (TPSA) is 78.9 Å². The van der Waals surface area contributed by atoms with Gasteiger partial charge in [0.2, 0.25) is 5.91 Å². The number of carbonyl (C=O) groups is 1. The summed E-state index contributed by atoms with van der Waals surface area (Å²) in [5.74, 6) is 1.18. The first kappa shape index (κ1) is 12.2. The second-order valence-electron chi connectivity index (χ2n) is 5.23. The number of oxime groups is 1. The summed E-state index contributed by atoms with van der Waals surface area (Å²) >= 11 is 0. The molecule has 2 aliphatic rings. The normalized spacial score (nSPS) is 22.3. The molecule has 17 heavy (non-hydrogen) atoms. The molecule has 5 heteroatoms. The van der Waals surface area contributed by atoms with Crippen LogP contribution in [0, 0.1) is 11.8 Å². The van der Waals surface area contributed by atoms with Gasteiger partial charge in [-0.2, -0.15) is 0 Å². The lowest BCUT2D eigenvalue weighted by Gasteiger charge is -2.25. The predicted octanol–water partition coefficient (Wildman–Crippen LogP) is 1.16. The summed E-state index contributed by atoms with van der Waals surface area (Å²) in [6.45, 7) is 2.61. The third-order valence-corrected chi connectivity index (χ3v) is 3.73. The van der Waals surface area contributed by atoms with Crippen LogP contribution >= 0.6 is 0 Å². The lowest BCUT2D eigenvalue weighted by atomic mass is 10.0. The van der Waals surface area contributed by atoms with Crippen molar-refractivity contribution in [3.8, 4) is 0 Å². The van der Waals surface area contributed by atoms with Crippen molar-refractivity contribution in [2.75, 3.05) is 6.54 Å². The van der Waals surface area contributed by atoms with E-state index in [1.165, 1.54) is 12.8 Å². The van der Waals surface area contributed by atoms with Gasteiger partial charge < -0.3 is 15.8 Å². The van der Waals surface area contributed by atoms with E-state index in [1.54, 1.807) is 0 Å². The van der Waals surface area contributed by atoms with Crippen LogP contribution in [0.15, 0.2) is 5.16 Å². The minimum Gasteiger partial charge on any atom is -0.409 e. The molecule has 1 atom stereocenters. The van der Waals surface area contributed by atoms with Gasteiger partial charge in [0.1, 0.15) is 5.84 Å². The fraction of sp³-hybridized carbons (Fsp3) is 0.833. The van der Waals surface area contributed by atoms with Gasteiger partial charge in [-0.3, -0.25) is 4.79 Å². The Hall–Kier alpha value is -1.26. The first-order valence-corrected chi connectivity index (χ1v) is 6.40. The van der Waals surface area contributed by atoms with Crippen molar-refractivity contribution in [2.45, 2.75) is 45.1 Å². The van der Waals surface area contributed by atoms with Crippen molar-refractivity contribution in [1.82, 2.24) is 4.90 Å². The number of hydrogen-bond donors (Lipinski definition) is 2. The summed E-state index contributed by atoms with van der Waals surface area (Å²) in [4.78, 5) is 14.2. The highest BCUT2D eigenvalue weighted by Crippen LogP contribution is 2.39. The molecule has 0 aromatic heterocycles. The van der Waals surface area contributed by atoms with E-state index >= 15 is 0 Å². The quantitative estimate of drug-likeness (QED) is 0.316. The smallest absolute Gasteiger partial charge is 0.225 e. The van der Waals surface area contributed by atoms with Crippen LogP contribution in [0.5, 0.6) is 0 Å².